The van der Waals surface area contributed by atoms with E-state index in [2.05, 4.69) is 0 Å². The molecule has 0 radical (unpaired) electrons. The fraction of sp³-hybridized carbons (Fsp3) is 0.727. The van der Waals surface area contributed by atoms with Crippen molar-refractivity contribution in [2.45, 2.75) is 12.1 Å². The van der Waals surface area contributed by atoms with Gasteiger partial charge in [0.2, 0.25) is 0 Å². The number of aliphatic carboxylic acids is 1. The van der Waals surface area contributed by atoms with Gasteiger partial charge in [-0.2, -0.15) is 5.26 Å². The summed E-state index contributed by atoms with van der Waals surface area (Å²) in [6.07, 6.45) is -0.651. The van der Waals surface area contributed by atoms with Gasteiger partial charge in [-0.1, -0.05) is 0 Å². The van der Waals surface area contributed by atoms with E-state index < -0.39 is 18.1 Å². The highest BCUT2D eigenvalue weighted by molar-refractivity contribution is 5.83. The van der Waals surface area contributed by atoms with Gasteiger partial charge in [-0.15, -0.1) is 0 Å². The number of morpholine rings is 2. The molecule has 0 aromatic heterocycles. The normalized spacial score (nSPS) is 27.7. The lowest BCUT2D eigenvalue weighted by Gasteiger charge is -2.38. The number of carbonyl (C=O) groups excluding carboxylic acids is 1. The molecule has 8 nitrogen and oxygen atoms in total. The van der Waals surface area contributed by atoms with Gasteiger partial charge in [0.25, 0.3) is 0 Å². The Bertz CT molecular complexity index is 408. The molecular formula is C11H15N3O5. The SMILES string of the molecule is N#CC1CN(C(=O)N2CCOCC2C(=O)O)CCO1. The fourth-order valence-corrected chi connectivity index (χ4v) is 2.12. The van der Waals surface area contributed by atoms with Crippen LogP contribution in [0.5, 0.6) is 0 Å². The lowest BCUT2D eigenvalue weighted by atomic mass is 10.2. The molecule has 2 rings (SSSR count). The second-order valence-corrected chi connectivity index (χ2v) is 4.34. The minimum atomic E-state index is -1.09. The van der Waals surface area contributed by atoms with Crippen LogP contribution in [0, 0.1) is 11.3 Å². The number of amides is 2. The van der Waals surface area contributed by atoms with Crippen LogP contribution in [0.4, 0.5) is 4.79 Å². The molecule has 2 amide bonds. The van der Waals surface area contributed by atoms with E-state index in [9.17, 15) is 9.59 Å². The number of rotatable bonds is 1. The maximum atomic E-state index is 12.3. The number of nitrogens with zero attached hydrogens (tertiary/aromatic N) is 3. The van der Waals surface area contributed by atoms with E-state index in [4.69, 9.17) is 19.8 Å². The van der Waals surface area contributed by atoms with E-state index in [-0.39, 0.29) is 32.3 Å². The van der Waals surface area contributed by atoms with E-state index in [1.807, 2.05) is 6.07 Å². The highest BCUT2D eigenvalue weighted by Crippen LogP contribution is 2.13. The van der Waals surface area contributed by atoms with Crippen LogP contribution in [0.2, 0.25) is 0 Å². The van der Waals surface area contributed by atoms with E-state index in [1.54, 1.807) is 0 Å². The Kier molecular flexibility index (Phi) is 4.19. The highest BCUT2D eigenvalue weighted by Gasteiger charge is 2.36. The Labute approximate surface area is 110 Å². The molecule has 19 heavy (non-hydrogen) atoms. The Balaban J connectivity index is 2.05. The predicted molar refractivity (Wildman–Crippen MR) is 61.3 cm³/mol. The van der Waals surface area contributed by atoms with Crippen LogP contribution in [0.15, 0.2) is 0 Å². The van der Waals surface area contributed by atoms with E-state index in [0.717, 1.165) is 0 Å². The minimum Gasteiger partial charge on any atom is -0.480 e. The zero-order valence-corrected chi connectivity index (χ0v) is 10.3. The van der Waals surface area contributed by atoms with Gasteiger partial charge in [-0.25, -0.2) is 9.59 Å². The van der Waals surface area contributed by atoms with Gasteiger partial charge in [0.1, 0.15) is 0 Å². The van der Waals surface area contributed by atoms with Crippen molar-refractivity contribution < 1.29 is 24.2 Å². The molecule has 2 aliphatic rings. The average molecular weight is 269 g/mol. The number of urea groups is 1. The Morgan fingerprint density at radius 3 is 2.79 bits per heavy atom. The van der Waals surface area contributed by atoms with E-state index in [0.29, 0.717) is 13.2 Å². The smallest absolute Gasteiger partial charge is 0.328 e. The number of carboxylic acid groups (broad SMARTS) is 1. The monoisotopic (exact) mass is 269 g/mol. The summed E-state index contributed by atoms with van der Waals surface area (Å²) in [5.74, 6) is -1.09. The van der Waals surface area contributed by atoms with Crippen LogP contribution in [0.25, 0.3) is 0 Å². The molecule has 2 aliphatic heterocycles. The number of carbonyl (C=O) groups is 2. The summed E-state index contributed by atoms with van der Waals surface area (Å²) in [6.45, 7) is 1.37. The van der Waals surface area contributed by atoms with E-state index >= 15 is 0 Å². The first-order valence-electron chi connectivity index (χ1n) is 6.01. The Hall–Kier alpha value is -1.85. The van der Waals surface area contributed by atoms with Crippen LogP contribution < -0.4 is 0 Å². The fourth-order valence-electron chi connectivity index (χ4n) is 2.12. The molecule has 2 unspecified atom stereocenters. The molecule has 0 aromatic carbocycles. The van der Waals surface area contributed by atoms with Crippen LogP contribution >= 0.6 is 0 Å². The second kappa shape index (κ2) is 5.86. The summed E-state index contributed by atoms with van der Waals surface area (Å²) in [5, 5.41) is 17.9. The maximum absolute atomic E-state index is 12.3. The molecule has 0 aromatic rings. The zero-order valence-electron chi connectivity index (χ0n) is 10.3. The van der Waals surface area contributed by atoms with Crippen molar-refractivity contribution in [3.8, 4) is 6.07 Å². The molecule has 0 spiro atoms. The topological polar surface area (TPSA) is 103 Å². The summed E-state index contributed by atoms with van der Waals surface area (Å²) < 4.78 is 10.2. The van der Waals surface area contributed by atoms with Gasteiger partial charge < -0.3 is 24.4 Å². The van der Waals surface area contributed by atoms with Gasteiger partial charge in [-0.3, -0.25) is 0 Å². The van der Waals surface area contributed by atoms with Crippen LogP contribution in [0.3, 0.4) is 0 Å². The number of hydrogen-bond acceptors (Lipinski definition) is 5. The van der Waals surface area contributed by atoms with Gasteiger partial charge >= 0.3 is 12.0 Å². The average Bonchev–Trinajstić information content (AvgIpc) is 2.46. The largest absolute Gasteiger partial charge is 0.480 e. The van der Waals surface area contributed by atoms with Gasteiger partial charge in [0.05, 0.1) is 32.4 Å². The predicted octanol–water partition coefficient (Wildman–Crippen LogP) is -0.884. The summed E-state index contributed by atoms with van der Waals surface area (Å²) >= 11 is 0. The highest BCUT2D eigenvalue weighted by atomic mass is 16.5. The molecule has 8 heteroatoms. The van der Waals surface area contributed by atoms with Gasteiger partial charge in [-0.05, 0) is 0 Å². The van der Waals surface area contributed by atoms with Gasteiger partial charge in [0, 0.05) is 13.1 Å². The number of nitriles is 1. The standard InChI is InChI=1S/C11H15N3O5/c12-5-8-6-13(1-4-19-8)11(17)14-2-3-18-7-9(14)10(15)16/h8-9H,1-4,6-7H2,(H,15,16). The van der Waals surface area contributed by atoms with Crippen molar-refractivity contribution in [2.75, 3.05) is 39.5 Å². The molecule has 0 saturated carbocycles. The third-order valence-corrected chi connectivity index (χ3v) is 3.14. The minimum absolute atomic E-state index is 0.00685. The van der Waals surface area contributed by atoms with Crippen molar-refractivity contribution in [3.05, 3.63) is 0 Å². The zero-order chi connectivity index (χ0) is 13.8. The quantitative estimate of drug-likeness (QED) is 0.662. The first kappa shape index (κ1) is 13.6. The molecule has 2 fully saturated rings. The first-order valence-corrected chi connectivity index (χ1v) is 6.01. The second-order valence-electron chi connectivity index (χ2n) is 4.34. The molecule has 1 N–H and O–H groups in total. The van der Waals surface area contributed by atoms with Crippen LogP contribution in [0.1, 0.15) is 0 Å². The molecule has 2 saturated heterocycles. The molecule has 0 aliphatic carbocycles. The van der Waals surface area contributed by atoms with Crippen molar-refractivity contribution >= 4 is 12.0 Å². The third-order valence-electron chi connectivity index (χ3n) is 3.14. The van der Waals surface area contributed by atoms with Gasteiger partial charge in [0.15, 0.2) is 12.1 Å². The van der Waals surface area contributed by atoms with E-state index in [1.165, 1.54) is 9.80 Å². The third kappa shape index (κ3) is 2.94. The number of hydrogen-bond donors (Lipinski definition) is 1. The lowest BCUT2D eigenvalue weighted by molar-refractivity contribution is -0.147. The summed E-state index contributed by atoms with van der Waals surface area (Å²) in [5.41, 5.74) is 0. The maximum Gasteiger partial charge on any atom is 0.328 e. The molecular weight excluding hydrogens is 254 g/mol. The molecule has 0 bridgehead atoms. The number of ether oxygens (including phenoxy) is 2. The van der Waals surface area contributed by atoms with Crippen molar-refractivity contribution in [2.24, 2.45) is 0 Å². The molecule has 104 valence electrons. The molecule has 2 heterocycles. The Morgan fingerprint density at radius 1 is 1.32 bits per heavy atom. The summed E-state index contributed by atoms with van der Waals surface area (Å²) in [6, 6.07) is 0.606. The molecule has 2 atom stereocenters. The van der Waals surface area contributed by atoms with Crippen molar-refractivity contribution in [1.82, 2.24) is 9.80 Å². The van der Waals surface area contributed by atoms with Crippen molar-refractivity contribution in [3.63, 3.8) is 0 Å². The summed E-state index contributed by atoms with van der Waals surface area (Å²) in [7, 11) is 0. The Morgan fingerprint density at radius 2 is 2.11 bits per heavy atom. The summed E-state index contributed by atoms with van der Waals surface area (Å²) in [4.78, 5) is 26.1. The van der Waals surface area contributed by atoms with Crippen LogP contribution in [-0.2, 0) is 14.3 Å². The lowest BCUT2D eigenvalue weighted by Crippen LogP contribution is -2.58. The number of carboxylic acids is 1. The van der Waals surface area contributed by atoms with Crippen molar-refractivity contribution in [1.29, 1.82) is 5.26 Å². The first-order chi connectivity index (χ1) is 9.13. The van der Waals surface area contributed by atoms with Crippen LogP contribution in [-0.4, -0.2) is 78.5 Å².